The van der Waals surface area contributed by atoms with Crippen LogP contribution in [0.15, 0.2) is 60.0 Å². The smallest absolute Gasteiger partial charge is 0.266 e. The van der Waals surface area contributed by atoms with Gasteiger partial charge in [0.25, 0.3) is 5.91 Å². The lowest BCUT2D eigenvalue weighted by Crippen LogP contribution is -2.27. The van der Waals surface area contributed by atoms with Crippen LogP contribution in [-0.2, 0) is 11.4 Å². The number of benzene rings is 2. The minimum atomic E-state index is -0.112. The van der Waals surface area contributed by atoms with Crippen LogP contribution in [0, 0.1) is 0 Å². The number of hydrogen-bond donors (Lipinski definition) is 0. The molecule has 0 atom stereocenters. The van der Waals surface area contributed by atoms with Gasteiger partial charge in [0.1, 0.15) is 16.7 Å². The Morgan fingerprint density at radius 1 is 1.19 bits per heavy atom. The molecule has 2 aromatic rings. The molecule has 27 heavy (non-hydrogen) atoms. The molecule has 0 radical (unpaired) electrons. The fourth-order valence-electron chi connectivity index (χ4n) is 2.46. The Hall–Kier alpha value is -1.79. The Bertz CT molecular complexity index is 923. The van der Waals surface area contributed by atoms with E-state index in [0.29, 0.717) is 31.6 Å². The molecule has 1 aliphatic heterocycles. The minimum absolute atomic E-state index is 0.112. The summed E-state index contributed by atoms with van der Waals surface area (Å²) >= 11 is 18.9. The summed E-state index contributed by atoms with van der Waals surface area (Å²) < 4.78 is 6.36. The molecule has 0 N–H and O–H groups in total. The van der Waals surface area contributed by atoms with Crippen molar-refractivity contribution in [1.82, 2.24) is 4.90 Å². The normalized spacial score (nSPS) is 15.5. The van der Waals surface area contributed by atoms with E-state index in [1.807, 2.05) is 24.3 Å². The largest absolute Gasteiger partial charge is 0.489 e. The number of carbonyl (C=O) groups is 1. The van der Waals surface area contributed by atoms with E-state index in [1.54, 1.807) is 30.4 Å². The van der Waals surface area contributed by atoms with E-state index >= 15 is 0 Å². The summed E-state index contributed by atoms with van der Waals surface area (Å²) in [4.78, 5) is 14.5. The number of amides is 1. The third-order valence-corrected chi connectivity index (χ3v) is 5.87. The van der Waals surface area contributed by atoms with Gasteiger partial charge in [0.15, 0.2) is 0 Å². The van der Waals surface area contributed by atoms with E-state index in [2.05, 4.69) is 6.58 Å². The van der Waals surface area contributed by atoms with E-state index < -0.39 is 0 Å². The lowest BCUT2D eigenvalue weighted by Gasteiger charge is -2.10. The number of carbonyl (C=O) groups excluding carboxylic acids is 1. The molecule has 1 amide bonds. The van der Waals surface area contributed by atoms with Gasteiger partial charge in [-0.05, 0) is 35.9 Å². The van der Waals surface area contributed by atoms with Crippen molar-refractivity contribution in [3.05, 3.63) is 81.2 Å². The van der Waals surface area contributed by atoms with Gasteiger partial charge in [-0.1, -0.05) is 71.5 Å². The molecule has 0 unspecified atom stereocenters. The van der Waals surface area contributed by atoms with Gasteiger partial charge in [0, 0.05) is 22.2 Å². The Labute approximate surface area is 177 Å². The summed E-state index contributed by atoms with van der Waals surface area (Å²) in [7, 11) is 0. The third kappa shape index (κ3) is 4.74. The molecular formula is C20H15Cl2NO2S2. The van der Waals surface area contributed by atoms with Crippen LogP contribution in [0.3, 0.4) is 0 Å². The van der Waals surface area contributed by atoms with E-state index in [1.165, 1.54) is 16.7 Å². The number of rotatable bonds is 6. The monoisotopic (exact) mass is 435 g/mol. The van der Waals surface area contributed by atoms with Crippen molar-refractivity contribution in [3.8, 4) is 5.75 Å². The first-order chi connectivity index (χ1) is 13.0. The second-order valence-electron chi connectivity index (χ2n) is 5.64. The Kier molecular flexibility index (Phi) is 6.60. The maximum absolute atomic E-state index is 12.4. The van der Waals surface area contributed by atoms with Crippen LogP contribution in [0.2, 0.25) is 10.0 Å². The molecule has 0 aromatic heterocycles. The van der Waals surface area contributed by atoms with Crippen molar-refractivity contribution in [2.24, 2.45) is 0 Å². The van der Waals surface area contributed by atoms with E-state index in [-0.39, 0.29) is 12.5 Å². The molecule has 1 heterocycles. The predicted molar refractivity (Wildman–Crippen MR) is 117 cm³/mol. The van der Waals surface area contributed by atoms with Crippen molar-refractivity contribution in [3.63, 3.8) is 0 Å². The van der Waals surface area contributed by atoms with E-state index in [0.717, 1.165) is 11.1 Å². The van der Waals surface area contributed by atoms with Crippen molar-refractivity contribution in [1.29, 1.82) is 0 Å². The van der Waals surface area contributed by atoms with Gasteiger partial charge >= 0.3 is 0 Å². The molecule has 3 rings (SSSR count). The quantitative estimate of drug-likeness (QED) is 0.318. The van der Waals surface area contributed by atoms with Crippen LogP contribution in [0.4, 0.5) is 0 Å². The molecule has 1 fully saturated rings. The molecule has 0 bridgehead atoms. The highest BCUT2D eigenvalue weighted by Crippen LogP contribution is 2.33. The predicted octanol–water partition coefficient (Wildman–Crippen LogP) is 5.96. The lowest BCUT2D eigenvalue weighted by molar-refractivity contribution is -0.121. The summed E-state index contributed by atoms with van der Waals surface area (Å²) in [5.74, 6) is 0.542. The number of thiocarbonyl (C=S) groups is 1. The number of halogens is 2. The minimum Gasteiger partial charge on any atom is -0.489 e. The summed E-state index contributed by atoms with van der Waals surface area (Å²) in [6, 6.07) is 12.8. The first-order valence-electron chi connectivity index (χ1n) is 8.01. The zero-order valence-corrected chi connectivity index (χ0v) is 17.3. The summed E-state index contributed by atoms with van der Waals surface area (Å²) in [6.45, 7) is 4.31. The molecule has 0 saturated carbocycles. The number of hydrogen-bond acceptors (Lipinski definition) is 4. The fourth-order valence-corrected chi connectivity index (χ4v) is 4.24. The average Bonchev–Trinajstić information content (AvgIpc) is 2.89. The van der Waals surface area contributed by atoms with Crippen LogP contribution in [0.25, 0.3) is 6.08 Å². The SMILES string of the molecule is C=CCN1C(=O)/C(=C\c2cccc(OCc3c(Cl)cccc3Cl)c2)SC1=S. The van der Waals surface area contributed by atoms with Gasteiger partial charge in [-0.2, -0.15) is 0 Å². The molecule has 1 aliphatic rings. The highest BCUT2D eigenvalue weighted by molar-refractivity contribution is 8.26. The highest BCUT2D eigenvalue weighted by Gasteiger charge is 2.30. The Morgan fingerprint density at radius 3 is 2.59 bits per heavy atom. The van der Waals surface area contributed by atoms with Crippen LogP contribution < -0.4 is 4.74 Å². The van der Waals surface area contributed by atoms with Gasteiger partial charge in [-0.3, -0.25) is 9.69 Å². The van der Waals surface area contributed by atoms with Gasteiger partial charge in [-0.25, -0.2) is 0 Å². The zero-order chi connectivity index (χ0) is 19.4. The number of nitrogens with zero attached hydrogens (tertiary/aromatic N) is 1. The second-order valence-corrected chi connectivity index (χ2v) is 8.13. The number of ether oxygens (including phenoxy) is 1. The molecule has 138 valence electrons. The molecular weight excluding hydrogens is 421 g/mol. The van der Waals surface area contributed by atoms with Gasteiger partial charge in [-0.15, -0.1) is 6.58 Å². The van der Waals surface area contributed by atoms with Gasteiger partial charge in [0.2, 0.25) is 0 Å². The van der Waals surface area contributed by atoms with Crippen molar-refractivity contribution in [2.45, 2.75) is 6.61 Å². The molecule has 7 heteroatoms. The maximum atomic E-state index is 12.4. The summed E-state index contributed by atoms with van der Waals surface area (Å²) in [5.41, 5.74) is 1.58. The summed E-state index contributed by atoms with van der Waals surface area (Å²) in [6.07, 6.45) is 3.46. The zero-order valence-electron chi connectivity index (χ0n) is 14.2. The van der Waals surface area contributed by atoms with Crippen molar-refractivity contribution >= 4 is 63.5 Å². The van der Waals surface area contributed by atoms with E-state index in [4.69, 9.17) is 40.2 Å². The third-order valence-electron chi connectivity index (χ3n) is 3.79. The molecule has 0 spiro atoms. The van der Waals surface area contributed by atoms with Crippen LogP contribution in [0.5, 0.6) is 5.75 Å². The van der Waals surface area contributed by atoms with Crippen LogP contribution >= 0.6 is 47.2 Å². The molecule has 2 aromatic carbocycles. The van der Waals surface area contributed by atoms with Crippen molar-refractivity contribution in [2.75, 3.05) is 6.54 Å². The topological polar surface area (TPSA) is 29.5 Å². The summed E-state index contributed by atoms with van der Waals surface area (Å²) in [5, 5.41) is 1.12. The average molecular weight is 436 g/mol. The molecule has 0 aliphatic carbocycles. The lowest BCUT2D eigenvalue weighted by atomic mass is 10.2. The van der Waals surface area contributed by atoms with Crippen LogP contribution in [-0.4, -0.2) is 21.7 Å². The van der Waals surface area contributed by atoms with Crippen molar-refractivity contribution < 1.29 is 9.53 Å². The number of thioether (sulfide) groups is 1. The Balaban J connectivity index is 1.75. The molecule has 3 nitrogen and oxygen atoms in total. The Morgan fingerprint density at radius 2 is 1.89 bits per heavy atom. The van der Waals surface area contributed by atoms with Gasteiger partial charge < -0.3 is 4.74 Å². The first-order valence-corrected chi connectivity index (χ1v) is 9.99. The standard InChI is InChI=1S/C20H15Cl2NO2S2/c1-2-9-23-19(24)18(27-20(23)26)11-13-5-3-6-14(10-13)25-12-15-16(21)7-4-8-17(15)22/h2-8,10-11H,1,9,12H2/b18-11+. The second kappa shape index (κ2) is 8.93. The van der Waals surface area contributed by atoms with Gasteiger partial charge in [0.05, 0.1) is 4.91 Å². The highest BCUT2D eigenvalue weighted by atomic mass is 35.5. The van der Waals surface area contributed by atoms with E-state index in [9.17, 15) is 4.79 Å². The first kappa shape index (κ1) is 20.0. The maximum Gasteiger partial charge on any atom is 0.266 e. The molecule has 1 saturated heterocycles. The van der Waals surface area contributed by atoms with Crippen LogP contribution in [0.1, 0.15) is 11.1 Å². The fraction of sp³-hybridized carbons (Fsp3) is 0.100.